The molecule has 0 aliphatic carbocycles. The van der Waals surface area contributed by atoms with Crippen LogP contribution < -0.4 is 9.88 Å². The number of ketones is 1. The third-order valence-corrected chi connectivity index (χ3v) is 3.88. The molecule has 0 saturated heterocycles. The van der Waals surface area contributed by atoms with E-state index in [1.165, 1.54) is 24.3 Å². The lowest BCUT2D eigenvalue weighted by Gasteiger charge is -2.03. The number of hydrogen-bond acceptors (Lipinski definition) is 4. The van der Waals surface area contributed by atoms with Crippen LogP contribution in [0.3, 0.4) is 0 Å². The molecule has 1 heterocycles. The summed E-state index contributed by atoms with van der Waals surface area (Å²) in [5, 5.41) is 13.3. The topological polar surface area (TPSA) is 93.2 Å². The number of aromatic nitrogens is 1. The number of amides is 1. The molecule has 2 aromatic carbocycles. The number of anilines is 1. The quantitative estimate of drug-likeness (QED) is 0.316. The molecule has 134 valence electrons. The first-order valence-electron chi connectivity index (χ1n) is 8.16. The maximum atomic E-state index is 12.4. The molecule has 0 radical (unpaired) electrons. The Labute approximate surface area is 155 Å². The Bertz CT molecular complexity index is 968. The number of nitrogens with one attached hydrogen (secondary N) is 1. The van der Waals surface area contributed by atoms with Crippen molar-refractivity contribution in [3.8, 4) is 0 Å². The lowest BCUT2D eigenvalue weighted by atomic mass is 10.0. The minimum absolute atomic E-state index is 0.0407. The van der Waals surface area contributed by atoms with Gasteiger partial charge in [0.05, 0.1) is 4.92 Å². The van der Waals surface area contributed by atoms with Crippen molar-refractivity contribution >= 4 is 23.1 Å². The maximum absolute atomic E-state index is 12.4. The van der Waals surface area contributed by atoms with Crippen LogP contribution in [-0.4, -0.2) is 16.6 Å². The fourth-order valence-corrected chi connectivity index (χ4v) is 2.50. The molecule has 1 aromatic heterocycles. The smallest absolute Gasteiger partial charge is 0.290 e. The van der Waals surface area contributed by atoms with Crippen LogP contribution in [0.5, 0.6) is 0 Å². The fraction of sp³-hybridized carbons (Fsp3) is 0.0500. The van der Waals surface area contributed by atoms with Crippen molar-refractivity contribution in [3.63, 3.8) is 0 Å². The average molecular weight is 362 g/mol. The zero-order chi connectivity index (χ0) is 19.2. The normalized spacial score (nSPS) is 10.2. The van der Waals surface area contributed by atoms with Crippen LogP contribution in [0.25, 0.3) is 0 Å². The molecule has 7 nitrogen and oxygen atoms in total. The largest absolute Gasteiger partial charge is 0.321 e. The third-order valence-electron chi connectivity index (χ3n) is 3.88. The Morgan fingerprint density at radius 2 is 1.48 bits per heavy atom. The van der Waals surface area contributed by atoms with Gasteiger partial charge in [-0.3, -0.25) is 19.7 Å². The van der Waals surface area contributed by atoms with E-state index < -0.39 is 4.92 Å². The zero-order valence-electron chi connectivity index (χ0n) is 14.2. The molecular formula is C20H16N3O4+. The molecule has 3 rings (SSSR count). The summed E-state index contributed by atoms with van der Waals surface area (Å²) in [6.07, 6.45) is 3.32. The van der Waals surface area contributed by atoms with E-state index in [2.05, 4.69) is 5.32 Å². The Morgan fingerprint density at radius 1 is 0.889 bits per heavy atom. The first-order chi connectivity index (χ1) is 13.0. The van der Waals surface area contributed by atoms with Gasteiger partial charge in [0.15, 0.2) is 18.2 Å². The maximum Gasteiger partial charge on any atom is 0.290 e. The highest BCUT2D eigenvalue weighted by Crippen LogP contribution is 2.15. The number of nitro benzene ring substituents is 1. The van der Waals surface area contributed by atoms with Crippen molar-refractivity contribution in [2.45, 2.75) is 6.54 Å². The van der Waals surface area contributed by atoms with E-state index in [1.807, 2.05) is 6.07 Å². The van der Waals surface area contributed by atoms with E-state index in [9.17, 15) is 19.7 Å². The Kier molecular flexibility index (Phi) is 5.32. The summed E-state index contributed by atoms with van der Waals surface area (Å²) < 4.78 is 1.64. The fourth-order valence-electron chi connectivity index (χ4n) is 2.50. The molecule has 3 aromatic rings. The summed E-state index contributed by atoms with van der Waals surface area (Å²) in [5.41, 5.74) is 1.57. The van der Waals surface area contributed by atoms with Gasteiger partial charge in [0.25, 0.3) is 11.6 Å². The molecule has 27 heavy (non-hydrogen) atoms. The van der Waals surface area contributed by atoms with Gasteiger partial charge in [-0.25, -0.2) is 0 Å². The van der Waals surface area contributed by atoms with Crippen LogP contribution in [0, 0.1) is 10.1 Å². The second kappa shape index (κ2) is 8.01. The van der Waals surface area contributed by atoms with E-state index >= 15 is 0 Å². The first kappa shape index (κ1) is 17.9. The van der Waals surface area contributed by atoms with Crippen LogP contribution in [0.15, 0.2) is 79.1 Å². The molecule has 7 heteroatoms. The van der Waals surface area contributed by atoms with Crippen molar-refractivity contribution in [1.82, 2.24) is 0 Å². The zero-order valence-corrected chi connectivity index (χ0v) is 14.2. The summed E-state index contributed by atoms with van der Waals surface area (Å²) in [6, 6.07) is 17.9. The van der Waals surface area contributed by atoms with Crippen molar-refractivity contribution in [1.29, 1.82) is 0 Å². The van der Waals surface area contributed by atoms with Crippen molar-refractivity contribution in [3.05, 3.63) is 100 Å². The van der Waals surface area contributed by atoms with E-state index in [4.69, 9.17) is 0 Å². The Morgan fingerprint density at radius 3 is 2.07 bits per heavy atom. The van der Waals surface area contributed by atoms with Gasteiger partial charge in [-0.1, -0.05) is 30.3 Å². The van der Waals surface area contributed by atoms with E-state index in [1.54, 1.807) is 53.4 Å². The highest BCUT2D eigenvalue weighted by Gasteiger charge is 2.13. The van der Waals surface area contributed by atoms with Crippen molar-refractivity contribution in [2.24, 2.45) is 0 Å². The first-order valence-corrected chi connectivity index (χ1v) is 8.16. The van der Waals surface area contributed by atoms with Crippen LogP contribution in [-0.2, 0) is 11.3 Å². The van der Waals surface area contributed by atoms with Crippen molar-refractivity contribution in [2.75, 3.05) is 5.32 Å². The van der Waals surface area contributed by atoms with Crippen LogP contribution >= 0.6 is 0 Å². The molecule has 1 N–H and O–H groups in total. The summed E-state index contributed by atoms with van der Waals surface area (Å²) in [6.45, 7) is 0.0524. The molecule has 0 aliphatic rings. The number of non-ortho nitro benzene ring substituents is 1. The van der Waals surface area contributed by atoms with Gasteiger partial charge in [-0.2, -0.15) is 4.57 Å². The molecule has 1 amide bonds. The molecule has 0 unspecified atom stereocenters. The standard InChI is InChI=1S/C20H15N3O4/c24-19(21-17-6-8-18(9-7-17)23(26)27)14-22-12-10-16(11-13-22)20(25)15-4-2-1-3-5-15/h1-13H,14H2/p+1. The molecule has 0 fully saturated rings. The lowest BCUT2D eigenvalue weighted by Crippen LogP contribution is -2.39. The predicted molar refractivity (Wildman–Crippen MR) is 98.2 cm³/mol. The molecule has 0 saturated carbocycles. The van der Waals surface area contributed by atoms with Gasteiger partial charge in [0.1, 0.15) is 0 Å². The highest BCUT2D eigenvalue weighted by atomic mass is 16.6. The van der Waals surface area contributed by atoms with Gasteiger partial charge in [-0.15, -0.1) is 0 Å². The average Bonchev–Trinajstić information content (AvgIpc) is 2.69. The summed E-state index contributed by atoms with van der Waals surface area (Å²) in [5.74, 6) is -0.367. The number of nitrogens with zero attached hydrogens (tertiary/aromatic N) is 2. The predicted octanol–water partition coefficient (Wildman–Crippen LogP) is 2.75. The number of carbonyl (C=O) groups excluding carboxylic acids is 2. The summed E-state index contributed by atoms with van der Waals surface area (Å²) in [4.78, 5) is 34.6. The van der Waals surface area contributed by atoms with Crippen LogP contribution in [0.1, 0.15) is 15.9 Å². The number of benzene rings is 2. The number of carbonyl (C=O) groups is 2. The monoisotopic (exact) mass is 362 g/mol. The molecule has 0 aliphatic heterocycles. The Balaban J connectivity index is 1.61. The second-order valence-electron chi connectivity index (χ2n) is 5.81. The summed E-state index contributed by atoms with van der Waals surface area (Å²) >= 11 is 0. The van der Waals surface area contributed by atoms with Crippen LogP contribution in [0.2, 0.25) is 0 Å². The number of rotatable bonds is 6. The van der Waals surface area contributed by atoms with Gasteiger partial charge >= 0.3 is 0 Å². The number of pyridine rings is 1. The highest BCUT2D eigenvalue weighted by molar-refractivity contribution is 6.08. The summed E-state index contributed by atoms with van der Waals surface area (Å²) in [7, 11) is 0. The number of hydrogen-bond donors (Lipinski definition) is 1. The molecular weight excluding hydrogens is 346 g/mol. The minimum atomic E-state index is -0.500. The van der Waals surface area contributed by atoms with E-state index in [0.717, 1.165) is 0 Å². The minimum Gasteiger partial charge on any atom is -0.321 e. The molecule has 0 bridgehead atoms. The lowest BCUT2D eigenvalue weighted by molar-refractivity contribution is -0.684. The van der Waals surface area contributed by atoms with Crippen molar-refractivity contribution < 1.29 is 19.1 Å². The second-order valence-corrected chi connectivity index (χ2v) is 5.81. The van der Waals surface area contributed by atoms with E-state index in [0.29, 0.717) is 16.8 Å². The van der Waals surface area contributed by atoms with Gasteiger partial charge < -0.3 is 5.32 Å². The van der Waals surface area contributed by atoms with Crippen LogP contribution in [0.4, 0.5) is 11.4 Å². The van der Waals surface area contributed by atoms with Gasteiger partial charge in [-0.05, 0) is 12.1 Å². The SMILES string of the molecule is O=C(C[n+]1ccc(C(=O)c2ccccc2)cc1)Nc1ccc([N+](=O)[O-])cc1. The molecule has 0 spiro atoms. The molecule has 0 atom stereocenters. The third kappa shape index (κ3) is 4.60. The van der Waals surface area contributed by atoms with Gasteiger partial charge in [0.2, 0.25) is 6.54 Å². The number of nitro groups is 1. The Hall–Kier alpha value is -3.87. The van der Waals surface area contributed by atoms with E-state index in [-0.39, 0.29) is 23.9 Å². The van der Waals surface area contributed by atoms with Gasteiger partial charge in [0, 0.05) is 41.1 Å².